The van der Waals surface area contributed by atoms with Gasteiger partial charge >= 0.3 is 143 Å². The summed E-state index contributed by atoms with van der Waals surface area (Å²) in [6.07, 6.45) is 5.83. The fourth-order valence-electron chi connectivity index (χ4n) is 6.10. The molecule has 7 rings (SSSR count). The van der Waals surface area contributed by atoms with Crippen molar-refractivity contribution in [3.63, 3.8) is 0 Å². The minimum Gasteiger partial charge on any atom is -1.00 e. The minimum atomic E-state index is -1.15. The van der Waals surface area contributed by atoms with E-state index in [4.69, 9.17) is 0 Å². The number of nitrogens with zero attached hydrogens (tertiary/aromatic N) is 1. The molecule has 0 amide bonds. The van der Waals surface area contributed by atoms with Gasteiger partial charge in [0.05, 0.1) is 5.71 Å². The first kappa shape index (κ1) is 29.3. The van der Waals surface area contributed by atoms with Crippen LogP contribution in [0.1, 0.15) is 67.3 Å². The van der Waals surface area contributed by atoms with Crippen LogP contribution in [-0.4, -0.2) is 13.8 Å². The van der Waals surface area contributed by atoms with E-state index in [-0.39, 0.29) is 24.8 Å². The van der Waals surface area contributed by atoms with Crippen molar-refractivity contribution in [2.45, 2.75) is 63.7 Å². The first-order chi connectivity index (χ1) is 16.1. The second-order valence-corrected chi connectivity index (χ2v) is 16.4. The van der Waals surface area contributed by atoms with Crippen LogP contribution in [0.2, 0.25) is 13.1 Å². The van der Waals surface area contributed by atoms with Crippen molar-refractivity contribution in [3.05, 3.63) is 98.0 Å². The van der Waals surface area contributed by atoms with E-state index < -0.39 is 8.07 Å². The van der Waals surface area contributed by atoms with E-state index in [9.17, 15) is 0 Å². The standard InChI is InChI=1S/C20H21.C11H13NSi.2ClH.Zr/c1-4-15(3)16-8-10-17(11-9-16)19-7-5-6-18-12-14(2)13-20(18)19;1-6-5-8-9(12-6)11-7(2)10(8)13(11,3)4;;;/h5-13,15H,4H2,1-3H3;5H,1-4H3;2*1H;/q;;;;+2/p-2. The summed E-state index contributed by atoms with van der Waals surface area (Å²) in [6.45, 7) is 16.0. The van der Waals surface area contributed by atoms with Gasteiger partial charge in [-0.2, -0.15) is 0 Å². The van der Waals surface area contributed by atoms with Crippen LogP contribution in [0.25, 0.3) is 17.2 Å². The van der Waals surface area contributed by atoms with Gasteiger partial charge in [0, 0.05) is 11.3 Å². The zero-order valence-corrected chi connectivity index (χ0v) is 27.2. The van der Waals surface area contributed by atoms with Gasteiger partial charge in [-0.05, 0) is 35.9 Å². The summed E-state index contributed by atoms with van der Waals surface area (Å²) < 4.78 is 0.645. The van der Waals surface area contributed by atoms with Gasteiger partial charge in [-0.25, -0.2) is 0 Å². The molecule has 5 heteroatoms. The van der Waals surface area contributed by atoms with Crippen molar-refractivity contribution in [2.75, 3.05) is 0 Å². The Morgan fingerprint density at radius 2 is 1.61 bits per heavy atom. The SMILES string of the molecule is CC1=CC2=C3C(C)=C(C2=N1)[Si]3(C)C.CCC(C)c1ccc(-c2cccc3c2C=C(C)[CH]3[Zr+2])cc1.[Cl-].[Cl-]. The quantitative estimate of drug-likeness (QED) is 0.475. The zero-order valence-electron chi connectivity index (χ0n) is 22.3. The fourth-order valence-corrected chi connectivity index (χ4v) is 10.8. The van der Waals surface area contributed by atoms with Crippen molar-refractivity contribution in [3.8, 4) is 11.1 Å². The molecule has 3 heterocycles. The molecule has 185 valence electrons. The van der Waals surface area contributed by atoms with Gasteiger partial charge in [-0.1, -0.05) is 13.1 Å². The number of benzene rings is 2. The van der Waals surface area contributed by atoms with Crippen LogP contribution in [0.3, 0.4) is 0 Å². The Bertz CT molecular complexity index is 1360. The van der Waals surface area contributed by atoms with Crippen molar-refractivity contribution in [1.29, 1.82) is 0 Å². The first-order valence-corrected chi connectivity index (χ1v) is 16.9. The van der Waals surface area contributed by atoms with Crippen LogP contribution < -0.4 is 24.8 Å². The number of fused-ring (bicyclic) bond motifs is 1. The Kier molecular flexibility index (Phi) is 8.84. The molecule has 0 saturated carbocycles. The Labute approximate surface area is 245 Å². The predicted octanol–water partition coefficient (Wildman–Crippen LogP) is 2.65. The second-order valence-electron chi connectivity index (χ2n) is 10.7. The van der Waals surface area contributed by atoms with Crippen molar-refractivity contribution in [1.82, 2.24) is 0 Å². The summed E-state index contributed by atoms with van der Waals surface area (Å²) >= 11 is 1.59. The van der Waals surface area contributed by atoms with Crippen LogP contribution >= 0.6 is 0 Å². The molecule has 1 nitrogen and oxygen atoms in total. The molecule has 2 atom stereocenters. The first-order valence-electron chi connectivity index (χ1n) is 12.5. The normalized spacial score (nSPS) is 20.6. The molecule has 0 fully saturated rings. The molecule has 0 N–H and O–H groups in total. The number of hydrogen-bond acceptors (Lipinski definition) is 1. The van der Waals surface area contributed by atoms with Gasteiger partial charge in [0.2, 0.25) is 0 Å². The van der Waals surface area contributed by atoms with Crippen molar-refractivity contribution in [2.24, 2.45) is 4.99 Å². The van der Waals surface area contributed by atoms with Crippen molar-refractivity contribution >= 4 is 19.9 Å². The van der Waals surface area contributed by atoms with E-state index in [1.165, 1.54) is 62.4 Å². The number of aliphatic imine (C=N–C) groups is 1. The minimum absolute atomic E-state index is 0. The molecule has 2 unspecified atom stereocenters. The topological polar surface area (TPSA) is 12.4 Å². The third-order valence-corrected chi connectivity index (χ3v) is 13.7. The summed E-state index contributed by atoms with van der Waals surface area (Å²) in [5.41, 5.74) is 14.1. The van der Waals surface area contributed by atoms with E-state index in [0.29, 0.717) is 9.54 Å². The summed E-state index contributed by atoms with van der Waals surface area (Å²) in [5, 5.41) is 3.28. The molecular weight excluding hydrogens is 577 g/mol. The maximum atomic E-state index is 4.62. The van der Waals surface area contributed by atoms with Gasteiger partial charge in [0.25, 0.3) is 0 Å². The largest absolute Gasteiger partial charge is 1.00 e. The summed E-state index contributed by atoms with van der Waals surface area (Å²) in [5.74, 6) is 0.645. The fraction of sp³-hybridized carbons (Fsp3) is 0.323. The molecule has 36 heavy (non-hydrogen) atoms. The molecule has 0 aromatic heterocycles. The molecule has 0 spiro atoms. The molecule has 3 aliphatic heterocycles. The molecule has 0 radical (unpaired) electrons. The Morgan fingerprint density at radius 3 is 2.19 bits per heavy atom. The maximum Gasteiger partial charge on any atom is -1.00 e. The van der Waals surface area contributed by atoms with Gasteiger partial charge in [-0.3, -0.25) is 4.99 Å². The maximum absolute atomic E-state index is 4.62. The predicted molar refractivity (Wildman–Crippen MR) is 145 cm³/mol. The molecule has 2 aromatic rings. The van der Waals surface area contributed by atoms with Crippen LogP contribution in [0, 0.1) is 0 Å². The van der Waals surface area contributed by atoms with E-state index in [0.717, 1.165) is 0 Å². The van der Waals surface area contributed by atoms with E-state index in [1.54, 1.807) is 35.1 Å². The van der Waals surface area contributed by atoms with Crippen molar-refractivity contribution < 1.29 is 49.5 Å². The monoisotopic (exact) mass is 608 g/mol. The molecule has 0 saturated heterocycles. The summed E-state index contributed by atoms with van der Waals surface area (Å²) in [4.78, 5) is 4.62. The van der Waals surface area contributed by atoms with Gasteiger partial charge in [0.15, 0.2) is 0 Å². The van der Waals surface area contributed by atoms with Gasteiger partial charge in [-0.15, -0.1) is 0 Å². The Balaban J connectivity index is 0.000000208. The average molecular weight is 611 g/mol. The summed E-state index contributed by atoms with van der Waals surface area (Å²) in [7, 11) is -1.15. The van der Waals surface area contributed by atoms with Crippen LogP contribution in [0.5, 0.6) is 0 Å². The van der Waals surface area contributed by atoms with Gasteiger partial charge in [0.1, 0.15) is 8.07 Å². The van der Waals surface area contributed by atoms with Crippen LogP contribution in [0.4, 0.5) is 0 Å². The summed E-state index contributed by atoms with van der Waals surface area (Å²) in [6, 6.07) is 15.9. The average Bonchev–Trinajstić information content (AvgIpc) is 3.47. The molecule has 5 aliphatic rings. The second kappa shape index (κ2) is 10.9. The molecular formula is C31H34Cl2NSiZr. The van der Waals surface area contributed by atoms with Crippen LogP contribution in [-0.2, 0) is 24.7 Å². The number of halogens is 2. The van der Waals surface area contributed by atoms with E-state index >= 15 is 0 Å². The Hall–Kier alpha value is -1.25. The number of allylic oxidation sites excluding steroid dienone is 7. The van der Waals surface area contributed by atoms with E-state index in [1.807, 2.05) is 0 Å². The Morgan fingerprint density at radius 1 is 0.944 bits per heavy atom. The smallest absolute Gasteiger partial charge is 1.00 e. The molecule has 2 bridgehead atoms. The van der Waals surface area contributed by atoms with Crippen LogP contribution in [0.15, 0.2) is 86.3 Å². The van der Waals surface area contributed by atoms with E-state index in [2.05, 4.69) is 107 Å². The number of rotatable bonds is 3. The van der Waals surface area contributed by atoms with Gasteiger partial charge < -0.3 is 24.8 Å². The zero-order chi connectivity index (χ0) is 24.4. The third kappa shape index (κ3) is 4.60. The molecule has 2 aromatic carbocycles. The third-order valence-electron chi connectivity index (χ3n) is 8.08. The number of hydrogen-bond donors (Lipinski definition) is 0. The molecule has 2 aliphatic carbocycles.